The zero-order valence-corrected chi connectivity index (χ0v) is 19.8. The normalized spacial score (nSPS) is 18.5. The van der Waals surface area contributed by atoms with Crippen LogP contribution in [0.25, 0.3) is 5.76 Å². The van der Waals surface area contributed by atoms with Crippen LogP contribution in [0.5, 0.6) is 11.5 Å². The molecule has 170 valence electrons. The molecule has 1 fully saturated rings. The van der Waals surface area contributed by atoms with Crippen molar-refractivity contribution >= 4 is 40.0 Å². The van der Waals surface area contributed by atoms with E-state index in [9.17, 15) is 9.18 Å². The summed E-state index contributed by atoms with van der Waals surface area (Å²) in [4.78, 5) is 13.0. The Bertz CT molecular complexity index is 1330. The van der Waals surface area contributed by atoms with Gasteiger partial charge in [0.1, 0.15) is 27.4 Å². The lowest BCUT2D eigenvalue weighted by Crippen LogP contribution is -2.19. The third-order valence-electron chi connectivity index (χ3n) is 5.57. The van der Waals surface area contributed by atoms with Gasteiger partial charge < -0.3 is 14.8 Å². The number of hydrogen-bond acceptors (Lipinski definition) is 5. The summed E-state index contributed by atoms with van der Waals surface area (Å²) in [5.41, 5.74) is 3.44. The summed E-state index contributed by atoms with van der Waals surface area (Å²) in [6.45, 7) is 2.51. The Morgan fingerprint density at radius 2 is 1.82 bits per heavy atom. The second kappa shape index (κ2) is 9.44. The first kappa shape index (κ1) is 22.4. The summed E-state index contributed by atoms with van der Waals surface area (Å²) < 4.78 is 26.2. The zero-order valence-electron chi connectivity index (χ0n) is 18.2. The first-order valence-electron chi connectivity index (χ1n) is 10.8. The monoisotopic (exact) mass is 489 g/mol. The van der Waals surface area contributed by atoms with Gasteiger partial charge in [0.15, 0.2) is 0 Å². The maximum atomic E-state index is 13.8. The van der Waals surface area contributed by atoms with Crippen LogP contribution >= 0.6 is 24.0 Å². The van der Waals surface area contributed by atoms with Crippen molar-refractivity contribution in [2.24, 2.45) is 0 Å². The predicted molar refractivity (Wildman–Crippen MR) is 136 cm³/mol. The Morgan fingerprint density at radius 3 is 2.50 bits per heavy atom. The highest BCUT2D eigenvalue weighted by Crippen LogP contribution is 2.47. The van der Waals surface area contributed by atoms with Gasteiger partial charge in [-0.25, -0.2) is 4.39 Å². The van der Waals surface area contributed by atoms with Gasteiger partial charge in [-0.1, -0.05) is 54.3 Å². The van der Waals surface area contributed by atoms with E-state index in [0.717, 1.165) is 28.0 Å². The first-order valence-corrected chi connectivity index (χ1v) is 12.0. The Balaban J connectivity index is 1.73. The van der Waals surface area contributed by atoms with Crippen molar-refractivity contribution in [1.29, 1.82) is 0 Å². The lowest BCUT2D eigenvalue weighted by molar-refractivity contribution is -0.115. The van der Waals surface area contributed by atoms with Crippen LogP contribution in [0.4, 0.5) is 4.39 Å². The van der Waals surface area contributed by atoms with E-state index in [1.807, 2.05) is 61.5 Å². The van der Waals surface area contributed by atoms with Crippen molar-refractivity contribution in [3.8, 4) is 11.5 Å². The predicted octanol–water partition coefficient (Wildman–Crippen LogP) is 6.19. The minimum absolute atomic E-state index is 0.245. The van der Waals surface area contributed by atoms with Crippen molar-refractivity contribution < 1.29 is 18.7 Å². The number of fused-ring (bicyclic) bond motifs is 1. The minimum atomic E-state index is -0.309. The summed E-state index contributed by atoms with van der Waals surface area (Å²) in [5.74, 6) is 1.26. The van der Waals surface area contributed by atoms with Gasteiger partial charge in [0, 0.05) is 22.6 Å². The number of ether oxygens (including phenoxy) is 2. The number of halogens is 1. The zero-order chi connectivity index (χ0) is 23.7. The molecule has 4 nitrogen and oxygen atoms in total. The van der Waals surface area contributed by atoms with Gasteiger partial charge in [0.05, 0.1) is 11.5 Å². The highest BCUT2D eigenvalue weighted by Gasteiger charge is 2.33. The molecule has 0 radical (unpaired) electrons. The molecule has 7 heteroatoms. The standard InChI is InChI=1S/C27H20FNO3S2/c1-2-31-19-13-9-17(10-14-19)25-21(15-23-26(30)29-27(33)34-23)24(16-7-11-18(28)12-8-16)20-5-3-4-6-22(20)32-25/h3-15,24H,2H2,1H3,(H,29,30,33)/b23-15-/t24-/m0/s1. The molecule has 1 saturated heterocycles. The van der Waals surface area contributed by atoms with Gasteiger partial charge in [-0.3, -0.25) is 4.79 Å². The molecular weight excluding hydrogens is 469 g/mol. The maximum absolute atomic E-state index is 13.8. The number of benzene rings is 3. The molecule has 34 heavy (non-hydrogen) atoms. The molecule has 0 saturated carbocycles. The van der Waals surface area contributed by atoms with Crippen molar-refractivity contribution in [1.82, 2.24) is 5.32 Å². The number of nitrogens with one attached hydrogen (secondary N) is 1. The molecule has 0 bridgehead atoms. The van der Waals surface area contributed by atoms with Crippen LogP contribution in [-0.2, 0) is 4.79 Å². The lowest BCUT2D eigenvalue weighted by atomic mass is 9.81. The Morgan fingerprint density at radius 1 is 1.09 bits per heavy atom. The Hall–Kier alpha value is -3.42. The SMILES string of the molecule is CCOc1ccc(C2=C(/C=C3\SC(=S)NC3=O)[C@@H](c3ccc(F)cc3)c3ccccc3O2)cc1. The molecule has 1 N–H and O–H groups in total. The summed E-state index contributed by atoms with van der Waals surface area (Å²) in [7, 11) is 0. The fourth-order valence-electron chi connectivity index (χ4n) is 4.10. The van der Waals surface area contributed by atoms with E-state index in [1.165, 1.54) is 23.9 Å². The number of thiocarbonyl (C=S) groups is 1. The van der Waals surface area contributed by atoms with Gasteiger partial charge in [-0.15, -0.1) is 0 Å². The second-order valence-corrected chi connectivity index (χ2v) is 9.44. The Kier molecular flexibility index (Phi) is 6.22. The summed E-state index contributed by atoms with van der Waals surface area (Å²) in [5, 5.41) is 2.67. The highest BCUT2D eigenvalue weighted by atomic mass is 32.2. The second-order valence-electron chi connectivity index (χ2n) is 7.72. The quantitative estimate of drug-likeness (QED) is 0.342. The average Bonchev–Trinajstić information content (AvgIpc) is 3.16. The summed E-state index contributed by atoms with van der Waals surface area (Å²) >= 11 is 6.41. The number of rotatable bonds is 5. The van der Waals surface area contributed by atoms with Crippen LogP contribution in [0.1, 0.15) is 29.5 Å². The number of hydrogen-bond donors (Lipinski definition) is 1. The molecule has 0 spiro atoms. The fourth-order valence-corrected chi connectivity index (χ4v) is 5.13. The van der Waals surface area contributed by atoms with Gasteiger partial charge in [-0.2, -0.15) is 0 Å². The summed E-state index contributed by atoms with van der Waals surface area (Å²) in [6.07, 6.45) is 1.83. The number of amides is 1. The van der Waals surface area contributed by atoms with Gasteiger partial charge >= 0.3 is 0 Å². The third kappa shape index (κ3) is 4.36. The highest BCUT2D eigenvalue weighted by molar-refractivity contribution is 8.26. The lowest BCUT2D eigenvalue weighted by Gasteiger charge is -2.30. The van der Waals surface area contributed by atoms with Gasteiger partial charge in [0.25, 0.3) is 5.91 Å². The average molecular weight is 490 g/mol. The van der Waals surface area contributed by atoms with Crippen molar-refractivity contribution in [3.63, 3.8) is 0 Å². The molecule has 0 aromatic heterocycles. The summed E-state index contributed by atoms with van der Waals surface area (Å²) in [6, 6.07) is 21.8. The van der Waals surface area contributed by atoms with Crippen LogP contribution in [0.2, 0.25) is 0 Å². The molecule has 2 aliphatic heterocycles. The molecule has 2 heterocycles. The van der Waals surface area contributed by atoms with Gasteiger partial charge in [0.2, 0.25) is 0 Å². The van der Waals surface area contributed by atoms with Crippen molar-refractivity contribution in [3.05, 3.63) is 112 Å². The van der Waals surface area contributed by atoms with E-state index >= 15 is 0 Å². The van der Waals surface area contributed by atoms with E-state index in [0.29, 0.717) is 27.3 Å². The topological polar surface area (TPSA) is 47.6 Å². The third-order valence-corrected chi connectivity index (χ3v) is 6.74. The van der Waals surface area contributed by atoms with Crippen LogP contribution < -0.4 is 14.8 Å². The van der Waals surface area contributed by atoms with Crippen molar-refractivity contribution in [2.75, 3.05) is 6.61 Å². The first-order chi connectivity index (χ1) is 16.5. The molecule has 3 aromatic carbocycles. The fraction of sp³-hybridized carbons (Fsp3) is 0.111. The van der Waals surface area contributed by atoms with E-state index in [-0.39, 0.29) is 17.6 Å². The van der Waals surface area contributed by atoms with Gasteiger partial charge in [-0.05, 0) is 61.0 Å². The number of allylic oxidation sites excluding steroid dienone is 2. The number of carbonyl (C=O) groups excluding carboxylic acids is 1. The molecule has 1 atom stereocenters. The van der Waals surface area contributed by atoms with E-state index in [1.54, 1.807) is 12.1 Å². The number of carbonyl (C=O) groups is 1. The number of para-hydroxylation sites is 1. The van der Waals surface area contributed by atoms with Crippen LogP contribution in [0.3, 0.4) is 0 Å². The molecule has 1 amide bonds. The molecule has 3 aromatic rings. The molecule has 2 aliphatic rings. The van der Waals surface area contributed by atoms with E-state index < -0.39 is 0 Å². The van der Waals surface area contributed by atoms with Crippen molar-refractivity contribution in [2.45, 2.75) is 12.8 Å². The number of thioether (sulfide) groups is 1. The van der Waals surface area contributed by atoms with Crippen LogP contribution in [-0.4, -0.2) is 16.8 Å². The van der Waals surface area contributed by atoms with E-state index in [4.69, 9.17) is 21.7 Å². The molecule has 0 aliphatic carbocycles. The molecule has 0 unspecified atom stereocenters. The maximum Gasteiger partial charge on any atom is 0.263 e. The van der Waals surface area contributed by atoms with Crippen LogP contribution in [0.15, 0.2) is 89.4 Å². The molecule has 5 rings (SSSR count). The largest absolute Gasteiger partial charge is 0.494 e. The molecular formula is C27H20FNO3S2. The van der Waals surface area contributed by atoms with Crippen LogP contribution in [0, 0.1) is 5.82 Å². The smallest absolute Gasteiger partial charge is 0.263 e. The Labute approximate surface area is 206 Å². The minimum Gasteiger partial charge on any atom is -0.494 e. The van der Waals surface area contributed by atoms with E-state index in [2.05, 4.69) is 5.32 Å².